The maximum Gasteiger partial charge on any atom is 0.252 e. The first-order chi connectivity index (χ1) is 10.7. The minimum atomic E-state index is -0.403. The summed E-state index contributed by atoms with van der Waals surface area (Å²) in [6.45, 7) is 7.71. The number of nitrogens with one attached hydrogen (secondary N) is 2. The molecule has 5 nitrogen and oxygen atoms in total. The topological polar surface area (TPSA) is 78.4 Å². The highest BCUT2D eigenvalue weighted by Crippen LogP contribution is 2.21. The molecule has 0 heterocycles. The van der Waals surface area contributed by atoms with E-state index in [-0.39, 0.29) is 23.7 Å². The zero-order chi connectivity index (χ0) is 17.6. The van der Waals surface area contributed by atoms with E-state index in [2.05, 4.69) is 10.6 Å². The maximum atomic E-state index is 12.3. The first-order valence-electron chi connectivity index (χ1n) is 7.77. The SMILES string of the molecule is CC(O)CC(C)CNC(=O)c1cc(NC(=O)C(C)C)ccc1Cl. The molecule has 1 aromatic carbocycles. The van der Waals surface area contributed by atoms with Gasteiger partial charge in [-0.15, -0.1) is 0 Å². The number of rotatable bonds is 7. The lowest BCUT2D eigenvalue weighted by atomic mass is 10.0. The first kappa shape index (κ1) is 19.5. The number of benzene rings is 1. The molecule has 2 amide bonds. The molecule has 0 aliphatic carbocycles. The lowest BCUT2D eigenvalue weighted by Gasteiger charge is -2.15. The summed E-state index contributed by atoms with van der Waals surface area (Å²) in [4.78, 5) is 24.0. The lowest BCUT2D eigenvalue weighted by molar-refractivity contribution is -0.118. The third-order valence-corrected chi connectivity index (χ3v) is 3.69. The monoisotopic (exact) mass is 340 g/mol. The highest BCUT2D eigenvalue weighted by molar-refractivity contribution is 6.34. The van der Waals surface area contributed by atoms with Gasteiger partial charge in [0.05, 0.1) is 16.7 Å². The second-order valence-electron chi connectivity index (χ2n) is 6.24. The van der Waals surface area contributed by atoms with Crippen molar-refractivity contribution in [1.29, 1.82) is 0 Å². The van der Waals surface area contributed by atoms with Gasteiger partial charge in [-0.3, -0.25) is 9.59 Å². The molecular formula is C17H25ClN2O3. The van der Waals surface area contributed by atoms with Crippen LogP contribution < -0.4 is 10.6 Å². The van der Waals surface area contributed by atoms with Crippen LogP contribution in [0.15, 0.2) is 18.2 Å². The molecule has 0 aliphatic heterocycles. The summed E-state index contributed by atoms with van der Waals surface area (Å²) >= 11 is 6.08. The molecule has 0 bridgehead atoms. The average Bonchev–Trinajstić information content (AvgIpc) is 2.45. The van der Waals surface area contributed by atoms with Crippen molar-refractivity contribution in [3.63, 3.8) is 0 Å². The Kier molecular flexibility index (Phi) is 7.52. The average molecular weight is 341 g/mol. The van der Waals surface area contributed by atoms with E-state index in [0.717, 1.165) is 0 Å². The largest absolute Gasteiger partial charge is 0.393 e. The Labute approximate surface area is 142 Å². The molecule has 0 fully saturated rings. The van der Waals surface area contributed by atoms with Crippen molar-refractivity contribution in [2.45, 2.75) is 40.2 Å². The molecular weight excluding hydrogens is 316 g/mol. The van der Waals surface area contributed by atoms with Crippen molar-refractivity contribution in [3.05, 3.63) is 28.8 Å². The van der Waals surface area contributed by atoms with Crippen LogP contribution in [0.2, 0.25) is 5.02 Å². The highest BCUT2D eigenvalue weighted by Gasteiger charge is 2.15. The van der Waals surface area contributed by atoms with Gasteiger partial charge in [0.1, 0.15) is 0 Å². The van der Waals surface area contributed by atoms with Crippen molar-refractivity contribution >= 4 is 29.1 Å². The van der Waals surface area contributed by atoms with Crippen LogP contribution in [0.1, 0.15) is 44.5 Å². The second-order valence-corrected chi connectivity index (χ2v) is 6.65. The minimum absolute atomic E-state index is 0.121. The zero-order valence-electron chi connectivity index (χ0n) is 14.0. The smallest absolute Gasteiger partial charge is 0.252 e. The van der Waals surface area contributed by atoms with E-state index >= 15 is 0 Å². The number of carbonyl (C=O) groups excluding carboxylic acids is 2. The zero-order valence-corrected chi connectivity index (χ0v) is 14.8. The van der Waals surface area contributed by atoms with E-state index in [9.17, 15) is 14.7 Å². The lowest BCUT2D eigenvalue weighted by Crippen LogP contribution is -2.29. The fraction of sp³-hybridized carbons (Fsp3) is 0.529. The summed E-state index contributed by atoms with van der Waals surface area (Å²) in [5.41, 5.74) is 0.854. The fourth-order valence-electron chi connectivity index (χ4n) is 2.09. The van der Waals surface area contributed by atoms with Crippen LogP contribution in [0.25, 0.3) is 0 Å². The number of hydrogen-bond acceptors (Lipinski definition) is 3. The number of hydrogen-bond donors (Lipinski definition) is 3. The Morgan fingerprint density at radius 3 is 2.43 bits per heavy atom. The van der Waals surface area contributed by atoms with Gasteiger partial charge in [0.15, 0.2) is 0 Å². The molecule has 6 heteroatoms. The molecule has 1 aromatic rings. The Hall–Kier alpha value is -1.59. The van der Waals surface area contributed by atoms with Crippen LogP contribution in [0, 0.1) is 11.8 Å². The summed E-state index contributed by atoms with van der Waals surface area (Å²) in [5.74, 6) is -0.414. The number of halogens is 1. The van der Waals surface area contributed by atoms with E-state index in [4.69, 9.17) is 11.6 Å². The Morgan fingerprint density at radius 2 is 1.87 bits per heavy atom. The molecule has 0 aromatic heterocycles. The van der Waals surface area contributed by atoms with Gasteiger partial charge in [-0.05, 0) is 37.5 Å². The van der Waals surface area contributed by atoms with Crippen molar-refractivity contribution in [2.24, 2.45) is 11.8 Å². The van der Waals surface area contributed by atoms with E-state index < -0.39 is 6.10 Å². The number of aliphatic hydroxyl groups is 1. The summed E-state index contributed by atoms with van der Waals surface area (Å²) in [6, 6.07) is 4.82. The predicted molar refractivity (Wildman–Crippen MR) is 92.7 cm³/mol. The van der Waals surface area contributed by atoms with Crippen molar-refractivity contribution in [3.8, 4) is 0 Å². The molecule has 0 spiro atoms. The normalized spacial score (nSPS) is 13.5. The molecule has 1 rings (SSSR count). The first-order valence-corrected chi connectivity index (χ1v) is 8.15. The van der Waals surface area contributed by atoms with Crippen molar-refractivity contribution in [1.82, 2.24) is 5.32 Å². The molecule has 0 radical (unpaired) electrons. The molecule has 0 saturated heterocycles. The molecule has 2 unspecified atom stereocenters. The van der Waals surface area contributed by atoms with E-state index in [1.807, 2.05) is 6.92 Å². The quantitative estimate of drug-likeness (QED) is 0.713. The van der Waals surface area contributed by atoms with Crippen LogP contribution in [0.4, 0.5) is 5.69 Å². The maximum absolute atomic E-state index is 12.3. The van der Waals surface area contributed by atoms with Gasteiger partial charge in [-0.25, -0.2) is 0 Å². The molecule has 0 saturated carbocycles. The van der Waals surface area contributed by atoms with E-state index in [1.165, 1.54) is 0 Å². The summed E-state index contributed by atoms with van der Waals surface area (Å²) in [7, 11) is 0. The second kappa shape index (κ2) is 8.89. The molecule has 3 N–H and O–H groups in total. The number of amides is 2. The van der Waals surface area contributed by atoms with Gasteiger partial charge in [0.25, 0.3) is 5.91 Å². The van der Waals surface area contributed by atoms with Gasteiger partial charge in [0.2, 0.25) is 5.91 Å². The standard InChI is InChI=1S/C17H25ClN2O3/c1-10(2)16(22)20-13-5-6-15(18)14(8-13)17(23)19-9-11(3)7-12(4)21/h5-6,8,10-12,21H,7,9H2,1-4H3,(H,19,23)(H,20,22). The molecule has 2 atom stereocenters. The highest BCUT2D eigenvalue weighted by atomic mass is 35.5. The van der Waals surface area contributed by atoms with Crippen LogP contribution in [0.3, 0.4) is 0 Å². The number of anilines is 1. The molecule has 0 aliphatic rings. The van der Waals surface area contributed by atoms with Gasteiger partial charge in [-0.1, -0.05) is 32.4 Å². The third-order valence-electron chi connectivity index (χ3n) is 3.36. The van der Waals surface area contributed by atoms with E-state index in [1.54, 1.807) is 39.0 Å². The Balaban J connectivity index is 2.74. The van der Waals surface area contributed by atoms with Crippen LogP contribution in [-0.4, -0.2) is 29.6 Å². The molecule has 23 heavy (non-hydrogen) atoms. The van der Waals surface area contributed by atoms with Gasteiger partial charge >= 0.3 is 0 Å². The van der Waals surface area contributed by atoms with Gasteiger partial charge < -0.3 is 15.7 Å². The summed E-state index contributed by atoms with van der Waals surface area (Å²) in [5, 5.41) is 15.2. The number of aliphatic hydroxyl groups excluding tert-OH is 1. The Morgan fingerprint density at radius 1 is 1.22 bits per heavy atom. The van der Waals surface area contributed by atoms with Gasteiger partial charge in [0, 0.05) is 18.2 Å². The predicted octanol–water partition coefficient (Wildman–Crippen LogP) is 3.07. The van der Waals surface area contributed by atoms with Gasteiger partial charge in [-0.2, -0.15) is 0 Å². The number of carbonyl (C=O) groups is 2. The summed E-state index contributed by atoms with van der Waals surface area (Å²) in [6.07, 6.45) is 0.207. The third kappa shape index (κ3) is 6.59. The van der Waals surface area contributed by atoms with Crippen molar-refractivity contribution < 1.29 is 14.7 Å². The fourth-order valence-corrected chi connectivity index (χ4v) is 2.29. The van der Waals surface area contributed by atoms with Crippen LogP contribution >= 0.6 is 11.6 Å². The molecule has 128 valence electrons. The van der Waals surface area contributed by atoms with E-state index in [0.29, 0.717) is 29.2 Å². The van der Waals surface area contributed by atoms with Crippen LogP contribution in [0.5, 0.6) is 0 Å². The minimum Gasteiger partial charge on any atom is -0.393 e. The van der Waals surface area contributed by atoms with Crippen molar-refractivity contribution in [2.75, 3.05) is 11.9 Å². The summed E-state index contributed by atoms with van der Waals surface area (Å²) < 4.78 is 0. The Bertz CT molecular complexity index is 559. The van der Waals surface area contributed by atoms with Crippen LogP contribution in [-0.2, 0) is 4.79 Å².